The van der Waals surface area contributed by atoms with E-state index in [0.717, 1.165) is 15.7 Å². The van der Waals surface area contributed by atoms with Crippen molar-refractivity contribution in [2.45, 2.75) is 20.2 Å². The van der Waals surface area contributed by atoms with E-state index in [1.807, 2.05) is 43.6 Å². The monoisotopic (exact) mass is 468 g/mol. The molecule has 0 fully saturated rings. The van der Waals surface area contributed by atoms with Gasteiger partial charge < -0.3 is 15.4 Å². The first kappa shape index (κ1) is 19.8. The molecule has 3 aromatic rings. The standard InChI is InChI=1S/C17H18BrClN6OS/c1-2-26-11-25-9-13(7-20-25)21-17(27)22-16-14(18)10-24(23-16)8-12-5-3-4-6-15(12)19/h3-7,9-10H,2,8,11H2,1H3,(H2,21,22,23,27). The molecule has 7 nitrogen and oxygen atoms in total. The lowest BCUT2D eigenvalue weighted by Gasteiger charge is -2.07. The average molecular weight is 470 g/mol. The van der Waals surface area contributed by atoms with E-state index < -0.39 is 0 Å². The lowest BCUT2D eigenvalue weighted by Crippen LogP contribution is -2.19. The third kappa shape index (κ3) is 5.52. The van der Waals surface area contributed by atoms with E-state index in [2.05, 4.69) is 36.8 Å². The normalized spacial score (nSPS) is 10.8. The Labute approximate surface area is 175 Å². The first-order valence-electron chi connectivity index (χ1n) is 8.19. The molecule has 2 N–H and O–H groups in total. The minimum atomic E-state index is 0.399. The quantitative estimate of drug-likeness (QED) is 0.502. The van der Waals surface area contributed by atoms with Gasteiger partial charge in [-0.1, -0.05) is 29.8 Å². The number of anilines is 2. The summed E-state index contributed by atoms with van der Waals surface area (Å²) in [4.78, 5) is 0. The second kappa shape index (κ2) is 9.32. The fourth-order valence-corrected chi connectivity index (χ4v) is 3.14. The van der Waals surface area contributed by atoms with Crippen molar-refractivity contribution < 1.29 is 4.74 Å². The Bertz CT molecular complexity index is 928. The Kier molecular flexibility index (Phi) is 6.84. The van der Waals surface area contributed by atoms with Crippen molar-refractivity contribution in [3.63, 3.8) is 0 Å². The molecule has 0 spiro atoms. The van der Waals surface area contributed by atoms with Crippen LogP contribution < -0.4 is 10.6 Å². The van der Waals surface area contributed by atoms with Crippen molar-refractivity contribution >= 4 is 56.4 Å². The molecule has 0 radical (unpaired) electrons. The van der Waals surface area contributed by atoms with E-state index in [9.17, 15) is 0 Å². The van der Waals surface area contributed by atoms with Crippen molar-refractivity contribution in [3.8, 4) is 0 Å². The molecule has 0 aliphatic heterocycles. The number of nitrogens with one attached hydrogen (secondary N) is 2. The Balaban J connectivity index is 1.60. The highest BCUT2D eigenvalue weighted by Crippen LogP contribution is 2.22. The van der Waals surface area contributed by atoms with Gasteiger partial charge in [-0.15, -0.1) is 0 Å². The van der Waals surface area contributed by atoms with E-state index in [4.69, 9.17) is 28.6 Å². The third-order valence-corrected chi connectivity index (χ3v) is 4.71. The number of ether oxygens (including phenoxy) is 1. The molecule has 0 saturated carbocycles. The van der Waals surface area contributed by atoms with Crippen molar-refractivity contribution in [2.75, 3.05) is 17.2 Å². The number of rotatable bonds is 7. The van der Waals surface area contributed by atoms with Gasteiger partial charge in [-0.25, -0.2) is 4.68 Å². The van der Waals surface area contributed by atoms with Crippen LogP contribution in [-0.4, -0.2) is 31.3 Å². The smallest absolute Gasteiger partial charge is 0.176 e. The maximum atomic E-state index is 6.21. The number of nitrogens with zero attached hydrogens (tertiary/aromatic N) is 4. The molecular formula is C17H18BrClN6OS. The van der Waals surface area contributed by atoms with Gasteiger partial charge in [0.2, 0.25) is 0 Å². The molecule has 0 bridgehead atoms. The number of hydrogen-bond donors (Lipinski definition) is 2. The van der Waals surface area contributed by atoms with Crippen LogP contribution in [0.3, 0.4) is 0 Å². The van der Waals surface area contributed by atoms with Crippen LogP contribution in [0.15, 0.2) is 47.3 Å². The molecule has 27 heavy (non-hydrogen) atoms. The molecule has 3 rings (SSSR count). The second-order valence-electron chi connectivity index (χ2n) is 5.58. The van der Waals surface area contributed by atoms with Crippen LogP contribution in [-0.2, 0) is 18.0 Å². The summed E-state index contributed by atoms with van der Waals surface area (Å²) in [6.07, 6.45) is 5.36. The van der Waals surface area contributed by atoms with Gasteiger partial charge in [0.1, 0.15) is 6.73 Å². The SMILES string of the molecule is CCOCn1cc(NC(=S)Nc2nn(Cc3ccccc3Cl)cc2Br)cn1. The molecule has 0 unspecified atom stereocenters. The summed E-state index contributed by atoms with van der Waals surface area (Å²) in [5.41, 5.74) is 1.75. The van der Waals surface area contributed by atoms with E-state index in [1.165, 1.54) is 0 Å². The van der Waals surface area contributed by atoms with Crippen LogP contribution >= 0.6 is 39.7 Å². The molecule has 10 heteroatoms. The van der Waals surface area contributed by atoms with E-state index in [0.29, 0.717) is 35.8 Å². The minimum absolute atomic E-state index is 0.399. The zero-order chi connectivity index (χ0) is 19.2. The van der Waals surface area contributed by atoms with Crippen LogP contribution in [0.25, 0.3) is 0 Å². The number of thiocarbonyl (C=S) groups is 1. The van der Waals surface area contributed by atoms with Crippen LogP contribution in [0.5, 0.6) is 0 Å². The van der Waals surface area contributed by atoms with E-state index in [-0.39, 0.29) is 0 Å². The molecule has 0 aliphatic rings. The number of halogens is 2. The highest BCUT2D eigenvalue weighted by atomic mass is 79.9. The van der Waals surface area contributed by atoms with Gasteiger partial charge in [0.05, 0.1) is 29.1 Å². The Hall–Kier alpha value is -1.94. The van der Waals surface area contributed by atoms with Gasteiger partial charge in [-0.2, -0.15) is 10.2 Å². The maximum absolute atomic E-state index is 6.21. The summed E-state index contributed by atoms with van der Waals surface area (Å²) < 4.78 is 9.57. The highest BCUT2D eigenvalue weighted by Gasteiger charge is 2.10. The number of hydrogen-bond acceptors (Lipinski definition) is 4. The lowest BCUT2D eigenvalue weighted by atomic mass is 10.2. The minimum Gasteiger partial charge on any atom is -0.360 e. The summed E-state index contributed by atoms with van der Waals surface area (Å²) in [5, 5.41) is 16.0. The van der Waals surface area contributed by atoms with Crippen molar-refractivity contribution in [1.29, 1.82) is 0 Å². The van der Waals surface area contributed by atoms with Gasteiger partial charge in [-0.3, -0.25) is 4.68 Å². The summed E-state index contributed by atoms with van der Waals surface area (Å²) in [6, 6.07) is 7.68. The van der Waals surface area contributed by atoms with Crippen molar-refractivity contribution in [1.82, 2.24) is 19.6 Å². The second-order valence-corrected chi connectivity index (χ2v) is 7.25. The topological polar surface area (TPSA) is 68.9 Å². The molecule has 0 saturated heterocycles. The largest absolute Gasteiger partial charge is 0.360 e. The summed E-state index contributed by atoms with van der Waals surface area (Å²) in [6.45, 7) is 3.53. The van der Waals surface area contributed by atoms with Gasteiger partial charge >= 0.3 is 0 Å². The number of aromatic nitrogens is 4. The predicted molar refractivity (Wildman–Crippen MR) is 114 cm³/mol. The van der Waals surface area contributed by atoms with Gasteiger partial charge in [0.25, 0.3) is 0 Å². The molecule has 142 valence electrons. The highest BCUT2D eigenvalue weighted by molar-refractivity contribution is 9.10. The summed E-state index contributed by atoms with van der Waals surface area (Å²) in [5.74, 6) is 0.612. The van der Waals surface area contributed by atoms with Gasteiger partial charge in [0.15, 0.2) is 10.9 Å². The van der Waals surface area contributed by atoms with E-state index >= 15 is 0 Å². The molecule has 0 amide bonds. The zero-order valence-electron chi connectivity index (χ0n) is 14.5. The van der Waals surface area contributed by atoms with Crippen LogP contribution in [0.2, 0.25) is 5.02 Å². The molecule has 1 aromatic carbocycles. The zero-order valence-corrected chi connectivity index (χ0v) is 17.7. The van der Waals surface area contributed by atoms with Crippen LogP contribution in [0.1, 0.15) is 12.5 Å². The Morgan fingerprint density at radius 2 is 2.07 bits per heavy atom. The Morgan fingerprint density at radius 1 is 1.26 bits per heavy atom. The predicted octanol–water partition coefficient (Wildman–Crippen LogP) is 4.35. The van der Waals surface area contributed by atoms with Crippen LogP contribution in [0, 0.1) is 0 Å². The third-order valence-electron chi connectivity index (χ3n) is 3.56. The first-order chi connectivity index (χ1) is 13.0. The molecular weight excluding hydrogens is 452 g/mol. The van der Waals surface area contributed by atoms with Gasteiger partial charge in [0, 0.05) is 17.8 Å². The van der Waals surface area contributed by atoms with E-state index in [1.54, 1.807) is 15.6 Å². The summed E-state index contributed by atoms with van der Waals surface area (Å²) in [7, 11) is 0. The van der Waals surface area contributed by atoms with Crippen molar-refractivity contribution in [3.05, 3.63) is 57.9 Å². The lowest BCUT2D eigenvalue weighted by molar-refractivity contribution is 0.0792. The van der Waals surface area contributed by atoms with Gasteiger partial charge in [-0.05, 0) is 46.7 Å². The Morgan fingerprint density at radius 3 is 2.85 bits per heavy atom. The molecule has 2 aromatic heterocycles. The molecule has 2 heterocycles. The maximum Gasteiger partial charge on any atom is 0.176 e. The first-order valence-corrected chi connectivity index (χ1v) is 9.77. The fraction of sp³-hybridized carbons (Fsp3) is 0.235. The fourth-order valence-electron chi connectivity index (χ4n) is 2.32. The number of benzene rings is 1. The molecule has 0 atom stereocenters. The van der Waals surface area contributed by atoms with Crippen LogP contribution in [0.4, 0.5) is 11.5 Å². The van der Waals surface area contributed by atoms with Crippen molar-refractivity contribution in [2.24, 2.45) is 0 Å². The average Bonchev–Trinajstić information content (AvgIpc) is 3.21. The summed E-state index contributed by atoms with van der Waals surface area (Å²) >= 11 is 15.1. The molecule has 0 aliphatic carbocycles.